The van der Waals surface area contributed by atoms with Crippen molar-refractivity contribution < 1.29 is 14.3 Å². The highest BCUT2D eigenvalue weighted by Crippen LogP contribution is 2.13. The van der Waals surface area contributed by atoms with E-state index in [0.29, 0.717) is 25.9 Å². The molecular weight excluding hydrogens is 416 g/mol. The monoisotopic (exact) mass is 452 g/mol. The number of ether oxygens (including phenoxy) is 1. The van der Waals surface area contributed by atoms with E-state index in [0.717, 1.165) is 50.4 Å². The van der Waals surface area contributed by atoms with Crippen molar-refractivity contribution in [1.82, 2.24) is 20.4 Å². The smallest absolute Gasteiger partial charge is 0.407 e. The zero-order valence-electron chi connectivity index (χ0n) is 19.6. The Kier molecular flexibility index (Phi) is 10.2. The summed E-state index contributed by atoms with van der Waals surface area (Å²) in [5.74, 6) is -0.0131. The van der Waals surface area contributed by atoms with Crippen molar-refractivity contribution in [3.05, 3.63) is 71.3 Å². The Labute approximate surface area is 197 Å². The molecule has 1 heterocycles. The summed E-state index contributed by atoms with van der Waals surface area (Å²) in [6, 6.07) is 17.9. The third-order valence-electron chi connectivity index (χ3n) is 5.96. The fourth-order valence-corrected chi connectivity index (χ4v) is 3.88. The van der Waals surface area contributed by atoms with Gasteiger partial charge in [-0.05, 0) is 29.7 Å². The lowest BCUT2D eigenvalue weighted by Crippen LogP contribution is -2.45. The van der Waals surface area contributed by atoms with Crippen LogP contribution in [-0.4, -0.2) is 61.1 Å². The van der Waals surface area contributed by atoms with Crippen molar-refractivity contribution in [2.24, 2.45) is 0 Å². The summed E-state index contributed by atoms with van der Waals surface area (Å²) in [5, 5.41) is 5.71. The highest BCUT2D eigenvalue weighted by Gasteiger charge is 2.16. The van der Waals surface area contributed by atoms with Gasteiger partial charge >= 0.3 is 6.09 Å². The standard InChI is InChI=1S/C26H36N4O3/c1-2-29-15-17-30(18-16-29)20-24-12-7-6-11-23(24)19-28-25(31)13-8-14-27-26(32)33-21-22-9-4-3-5-10-22/h3-7,9-12H,2,8,13-21H2,1H3,(H,27,32)(H,28,31). The minimum absolute atomic E-state index is 0.0131. The highest BCUT2D eigenvalue weighted by molar-refractivity contribution is 5.76. The van der Waals surface area contributed by atoms with Gasteiger partial charge in [0.05, 0.1) is 0 Å². The Balaban J connectivity index is 1.31. The number of piperazine rings is 1. The Morgan fingerprint density at radius 2 is 1.55 bits per heavy atom. The van der Waals surface area contributed by atoms with Gasteiger partial charge in [0.25, 0.3) is 0 Å². The molecule has 0 spiro atoms. The molecule has 3 rings (SSSR count). The van der Waals surface area contributed by atoms with Gasteiger partial charge < -0.3 is 20.3 Å². The summed E-state index contributed by atoms with van der Waals surface area (Å²) in [5.41, 5.74) is 3.37. The van der Waals surface area contributed by atoms with Crippen LogP contribution in [0.25, 0.3) is 0 Å². The molecule has 0 radical (unpaired) electrons. The number of hydrogen-bond acceptors (Lipinski definition) is 5. The van der Waals surface area contributed by atoms with Crippen LogP contribution in [0.15, 0.2) is 54.6 Å². The first kappa shape index (κ1) is 24.7. The molecule has 0 atom stereocenters. The molecule has 2 amide bonds. The molecule has 7 nitrogen and oxygen atoms in total. The molecule has 0 aliphatic carbocycles. The molecule has 178 valence electrons. The average molecular weight is 453 g/mol. The molecule has 2 aromatic carbocycles. The third kappa shape index (κ3) is 8.86. The lowest BCUT2D eigenvalue weighted by molar-refractivity contribution is -0.121. The van der Waals surface area contributed by atoms with Gasteiger partial charge in [-0.1, -0.05) is 61.5 Å². The normalized spacial score (nSPS) is 14.6. The van der Waals surface area contributed by atoms with Gasteiger partial charge in [0.1, 0.15) is 6.61 Å². The van der Waals surface area contributed by atoms with E-state index in [1.807, 2.05) is 36.4 Å². The molecule has 1 saturated heterocycles. The van der Waals surface area contributed by atoms with Crippen molar-refractivity contribution in [3.8, 4) is 0 Å². The predicted molar refractivity (Wildman–Crippen MR) is 130 cm³/mol. The lowest BCUT2D eigenvalue weighted by Gasteiger charge is -2.34. The van der Waals surface area contributed by atoms with Gasteiger partial charge in [-0.25, -0.2) is 4.79 Å². The number of nitrogens with zero attached hydrogens (tertiary/aromatic N) is 2. The number of alkyl carbamates (subject to hydrolysis) is 1. The van der Waals surface area contributed by atoms with Gasteiger partial charge in [-0.3, -0.25) is 9.69 Å². The molecule has 2 aromatic rings. The first-order chi connectivity index (χ1) is 16.1. The van der Waals surface area contributed by atoms with E-state index >= 15 is 0 Å². The maximum atomic E-state index is 12.3. The van der Waals surface area contributed by atoms with Gasteiger partial charge in [-0.15, -0.1) is 0 Å². The van der Waals surface area contributed by atoms with E-state index in [1.54, 1.807) is 0 Å². The van der Waals surface area contributed by atoms with Crippen LogP contribution in [0.4, 0.5) is 4.79 Å². The molecule has 1 aliphatic heterocycles. The molecular formula is C26H36N4O3. The maximum Gasteiger partial charge on any atom is 0.407 e. The summed E-state index contributed by atoms with van der Waals surface area (Å²) in [6.07, 6.45) is 0.461. The number of benzene rings is 2. The van der Waals surface area contributed by atoms with Crippen molar-refractivity contribution in [3.63, 3.8) is 0 Å². The minimum atomic E-state index is -0.465. The Hall–Kier alpha value is -2.90. The zero-order valence-corrected chi connectivity index (χ0v) is 19.6. The number of hydrogen-bond donors (Lipinski definition) is 2. The van der Waals surface area contributed by atoms with Gasteiger partial charge in [0.2, 0.25) is 5.91 Å². The van der Waals surface area contributed by atoms with E-state index in [2.05, 4.69) is 45.6 Å². The van der Waals surface area contributed by atoms with Crippen LogP contribution in [0.3, 0.4) is 0 Å². The Morgan fingerprint density at radius 1 is 0.879 bits per heavy atom. The number of nitrogens with one attached hydrogen (secondary N) is 2. The van der Waals surface area contributed by atoms with Crippen molar-refractivity contribution in [2.45, 2.75) is 39.5 Å². The molecule has 33 heavy (non-hydrogen) atoms. The van der Waals surface area contributed by atoms with E-state index in [1.165, 1.54) is 5.56 Å². The Morgan fingerprint density at radius 3 is 2.27 bits per heavy atom. The first-order valence-corrected chi connectivity index (χ1v) is 11.9. The fourth-order valence-electron chi connectivity index (χ4n) is 3.88. The highest BCUT2D eigenvalue weighted by atomic mass is 16.5. The molecule has 7 heteroatoms. The second-order valence-corrected chi connectivity index (χ2v) is 8.35. The quantitative estimate of drug-likeness (QED) is 0.513. The lowest BCUT2D eigenvalue weighted by atomic mass is 10.1. The topological polar surface area (TPSA) is 73.9 Å². The summed E-state index contributed by atoms with van der Waals surface area (Å²) in [7, 11) is 0. The second-order valence-electron chi connectivity index (χ2n) is 8.35. The predicted octanol–water partition coefficient (Wildman–Crippen LogP) is 3.15. The number of likely N-dealkylation sites (N-methyl/N-ethyl adjacent to an activating group) is 1. The summed E-state index contributed by atoms with van der Waals surface area (Å²) >= 11 is 0. The Bertz CT molecular complexity index is 867. The van der Waals surface area contributed by atoms with Crippen LogP contribution in [0.2, 0.25) is 0 Å². The van der Waals surface area contributed by atoms with E-state index in [-0.39, 0.29) is 12.5 Å². The number of carbonyl (C=O) groups is 2. The largest absolute Gasteiger partial charge is 0.445 e. The second kappa shape index (κ2) is 13.6. The number of carbonyl (C=O) groups excluding carboxylic acids is 2. The van der Waals surface area contributed by atoms with Crippen LogP contribution >= 0.6 is 0 Å². The number of amides is 2. The first-order valence-electron chi connectivity index (χ1n) is 11.9. The molecule has 1 aliphatic rings. The number of rotatable bonds is 11. The summed E-state index contributed by atoms with van der Waals surface area (Å²) in [4.78, 5) is 29.0. The molecule has 0 saturated carbocycles. The summed E-state index contributed by atoms with van der Waals surface area (Å²) < 4.78 is 5.17. The van der Waals surface area contributed by atoms with Crippen LogP contribution in [0.1, 0.15) is 36.5 Å². The van der Waals surface area contributed by atoms with E-state index < -0.39 is 6.09 Å². The molecule has 2 N–H and O–H groups in total. The minimum Gasteiger partial charge on any atom is -0.445 e. The van der Waals surface area contributed by atoms with Crippen LogP contribution in [0.5, 0.6) is 0 Å². The van der Waals surface area contributed by atoms with Crippen molar-refractivity contribution in [1.29, 1.82) is 0 Å². The van der Waals surface area contributed by atoms with Crippen LogP contribution in [-0.2, 0) is 29.2 Å². The average Bonchev–Trinajstić information content (AvgIpc) is 2.86. The van der Waals surface area contributed by atoms with Crippen LogP contribution < -0.4 is 10.6 Å². The summed E-state index contributed by atoms with van der Waals surface area (Å²) in [6.45, 7) is 9.79. The molecule has 0 unspecified atom stereocenters. The SMILES string of the molecule is CCN1CCN(Cc2ccccc2CNC(=O)CCCNC(=O)OCc2ccccc2)CC1. The third-order valence-corrected chi connectivity index (χ3v) is 5.96. The molecule has 1 fully saturated rings. The molecule has 0 aromatic heterocycles. The maximum absolute atomic E-state index is 12.3. The van der Waals surface area contributed by atoms with Crippen LogP contribution in [0, 0.1) is 0 Å². The van der Waals surface area contributed by atoms with Gasteiger partial charge in [0.15, 0.2) is 0 Å². The van der Waals surface area contributed by atoms with Gasteiger partial charge in [-0.2, -0.15) is 0 Å². The van der Waals surface area contributed by atoms with E-state index in [9.17, 15) is 9.59 Å². The fraction of sp³-hybridized carbons (Fsp3) is 0.462. The van der Waals surface area contributed by atoms with Crippen molar-refractivity contribution >= 4 is 12.0 Å². The molecule has 0 bridgehead atoms. The van der Waals surface area contributed by atoms with Crippen molar-refractivity contribution in [2.75, 3.05) is 39.3 Å². The zero-order chi connectivity index (χ0) is 23.3. The van der Waals surface area contributed by atoms with E-state index in [4.69, 9.17) is 4.74 Å². The van der Waals surface area contributed by atoms with Gasteiger partial charge in [0, 0.05) is 52.2 Å².